The lowest BCUT2D eigenvalue weighted by Gasteiger charge is -2.14. The Morgan fingerprint density at radius 1 is 1.25 bits per heavy atom. The number of pyridine rings is 1. The van der Waals surface area contributed by atoms with Gasteiger partial charge >= 0.3 is 0 Å². The molecule has 1 aromatic carbocycles. The van der Waals surface area contributed by atoms with Crippen molar-refractivity contribution in [2.75, 3.05) is 0 Å². The smallest absolute Gasteiger partial charge is 0.219 e. The van der Waals surface area contributed by atoms with E-state index in [0.29, 0.717) is 18.3 Å². The Morgan fingerprint density at radius 2 is 2.00 bits per heavy atom. The Bertz CT molecular complexity index is 611. The molecule has 2 N–H and O–H groups in total. The molecule has 0 amide bonds. The van der Waals surface area contributed by atoms with E-state index in [0.717, 1.165) is 27.0 Å². The van der Waals surface area contributed by atoms with Crippen LogP contribution in [0.15, 0.2) is 34.8 Å². The lowest BCUT2D eigenvalue weighted by atomic mass is 10.0. The normalized spacial score (nSPS) is 10.9. The summed E-state index contributed by atoms with van der Waals surface area (Å²) < 4.78 is 7.01. The predicted molar refractivity (Wildman–Crippen MR) is 85.2 cm³/mol. The monoisotopic (exact) mass is 334 g/mol. The number of aryl methyl sites for hydroxylation is 1. The van der Waals surface area contributed by atoms with Gasteiger partial charge in [0.25, 0.3) is 0 Å². The summed E-state index contributed by atoms with van der Waals surface area (Å²) in [5, 5.41) is 0. The van der Waals surface area contributed by atoms with Gasteiger partial charge in [-0.15, -0.1) is 0 Å². The second kappa shape index (κ2) is 6.37. The molecule has 0 aliphatic carbocycles. The number of benzene rings is 1. The number of nitrogens with two attached hydrogens (primary N) is 1. The maximum Gasteiger partial charge on any atom is 0.219 e. The van der Waals surface area contributed by atoms with Gasteiger partial charge in [0.2, 0.25) is 5.88 Å². The maximum atomic E-state index is 5.96. The first-order valence-corrected chi connectivity index (χ1v) is 7.44. The SMILES string of the molecule is Cc1cc(CN)cc(Oc2ccc(Br)cc2C(C)C)n1. The highest BCUT2D eigenvalue weighted by Gasteiger charge is 2.11. The van der Waals surface area contributed by atoms with Crippen molar-refractivity contribution in [3.05, 3.63) is 51.6 Å². The van der Waals surface area contributed by atoms with Gasteiger partial charge in [-0.2, -0.15) is 0 Å². The van der Waals surface area contributed by atoms with E-state index in [2.05, 4.69) is 40.8 Å². The molecule has 0 fully saturated rings. The Morgan fingerprint density at radius 3 is 2.65 bits per heavy atom. The topological polar surface area (TPSA) is 48.1 Å². The zero-order valence-electron chi connectivity index (χ0n) is 12.0. The molecule has 106 valence electrons. The summed E-state index contributed by atoms with van der Waals surface area (Å²) in [7, 11) is 0. The van der Waals surface area contributed by atoms with Crippen LogP contribution in [0.3, 0.4) is 0 Å². The number of hydrogen-bond acceptors (Lipinski definition) is 3. The lowest BCUT2D eigenvalue weighted by molar-refractivity contribution is 0.452. The van der Waals surface area contributed by atoms with Crippen molar-refractivity contribution in [1.29, 1.82) is 0 Å². The maximum absolute atomic E-state index is 5.96. The molecular weight excluding hydrogens is 316 g/mol. The zero-order chi connectivity index (χ0) is 14.7. The van der Waals surface area contributed by atoms with Crippen molar-refractivity contribution < 1.29 is 4.74 Å². The van der Waals surface area contributed by atoms with Crippen LogP contribution < -0.4 is 10.5 Å². The number of hydrogen-bond donors (Lipinski definition) is 1. The minimum Gasteiger partial charge on any atom is -0.439 e. The van der Waals surface area contributed by atoms with Gasteiger partial charge in [0, 0.05) is 22.8 Å². The molecule has 0 unspecified atom stereocenters. The van der Waals surface area contributed by atoms with Crippen LogP contribution in [0.5, 0.6) is 11.6 Å². The van der Waals surface area contributed by atoms with Crippen LogP contribution in [-0.2, 0) is 6.54 Å². The van der Waals surface area contributed by atoms with Crippen LogP contribution in [0.2, 0.25) is 0 Å². The molecule has 20 heavy (non-hydrogen) atoms. The highest BCUT2D eigenvalue weighted by molar-refractivity contribution is 9.10. The molecule has 0 aliphatic heterocycles. The van der Waals surface area contributed by atoms with Crippen LogP contribution in [0, 0.1) is 6.92 Å². The summed E-state index contributed by atoms with van der Waals surface area (Å²) in [6, 6.07) is 9.88. The van der Waals surface area contributed by atoms with Gasteiger partial charge in [0.1, 0.15) is 5.75 Å². The Balaban J connectivity index is 2.37. The van der Waals surface area contributed by atoms with Crippen molar-refractivity contribution in [2.24, 2.45) is 5.73 Å². The van der Waals surface area contributed by atoms with Gasteiger partial charge in [-0.3, -0.25) is 0 Å². The first kappa shape index (κ1) is 15.0. The Kier molecular flexibility index (Phi) is 4.78. The number of halogens is 1. The lowest BCUT2D eigenvalue weighted by Crippen LogP contribution is -2.00. The molecule has 2 rings (SSSR count). The molecule has 4 heteroatoms. The van der Waals surface area contributed by atoms with Gasteiger partial charge < -0.3 is 10.5 Å². The van der Waals surface area contributed by atoms with Crippen molar-refractivity contribution in [3.63, 3.8) is 0 Å². The van der Waals surface area contributed by atoms with Gasteiger partial charge in [0.05, 0.1) is 0 Å². The third-order valence-corrected chi connectivity index (χ3v) is 3.53. The van der Waals surface area contributed by atoms with Crippen LogP contribution in [0.25, 0.3) is 0 Å². The van der Waals surface area contributed by atoms with Gasteiger partial charge in [-0.05, 0) is 48.2 Å². The summed E-state index contributed by atoms with van der Waals surface area (Å²) in [4.78, 5) is 4.41. The molecule has 0 radical (unpaired) electrons. The average molecular weight is 335 g/mol. The molecule has 0 aliphatic rings. The fourth-order valence-electron chi connectivity index (χ4n) is 2.05. The van der Waals surface area contributed by atoms with Crippen molar-refractivity contribution in [3.8, 4) is 11.6 Å². The molecular formula is C16H19BrN2O. The molecule has 1 heterocycles. The minimum absolute atomic E-state index is 0.376. The molecule has 0 bridgehead atoms. The zero-order valence-corrected chi connectivity index (χ0v) is 13.6. The van der Waals surface area contributed by atoms with E-state index in [1.165, 1.54) is 0 Å². The van der Waals surface area contributed by atoms with Crippen LogP contribution >= 0.6 is 15.9 Å². The van der Waals surface area contributed by atoms with Crippen LogP contribution in [-0.4, -0.2) is 4.98 Å². The van der Waals surface area contributed by atoms with Crippen LogP contribution in [0.1, 0.15) is 36.6 Å². The fourth-order valence-corrected chi connectivity index (χ4v) is 2.43. The largest absolute Gasteiger partial charge is 0.439 e. The summed E-state index contributed by atoms with van der Waals surface area (Å²) in [5.41, 5.74) is 8.77. The van der Waals surface area contributed by atoms with E-state index in [4.69, 9.17) is 10.5 Å². The summed E-state index contributed by atoms with van der Waals surface area (Å²) in [6.45, 7) is 6.71. The predicted octanol–water partition coefficient (Wildman–Crippen LogP) is 4.53. The highest BCUT2D eigenvalue weighted by atomic mass is 79.9. The number of ether oxygens (including phenoxy) is 1. The van der Waals surface area contributed by atoms with Crippen molar-refractivity contribution in [1.82, 2.24) is 4.98 Å². The summed E-state index contributed by atoms with van der Waals surface area (Å²) in [5.74, 6) is 1.81. The molecule has 1 aromatic heterocycles. The van der Waals surface area contributed by atoms with Gasteiger partial charge in [0.15, 0.2) is 0 Å². The summed E-state index contributed by atoms with van der Waals surface area (Å²) >= 11 is 3.50. The first-order valence-electron chi connectivity index (χ1n) is 6.64. The summed E-state index contributed by atoms with van der Waals surface area (Å²) in [6.07, 6.45) is 0. The van der Waals surface area contributed by atoms with E-state index in [9.17, 15) is 0 Å². The number of aromatic nitrogens is 1. The standard InChI is InChI=1S/C16H19BrN2O/c1-10(2)14-8-13(17)4-5-15(14)20-16-7-12(9-18)6-11(3)19-16/h4-8,10H,9,18H2,1-3H3. The molecule has 2 aromatic rings. The minimum atomic E-state index is 0.376. The van der Waals surface area contributed by atoms with Crippen molar-refractivity contribution >= 4 is 15.9 Å². The number of rotatable bonds is 4. The molecule has 0 spiro atoms. The quantitative estimate of drug-likeness (QED) is 0.893. The number of nitrogens with zero attached hydrogens (tertiary/aromatic N) is 1. The Hall–Kier alpha value is -1.39. The first-order chi connectivity index (χ1) is 9.49. The second-order valence-corrected chi connectivity index (χ2v) is 6.01. The van der Waals surface area contributed by atoms with Crippen molar-refractivity contribution in [2.45, 2.75) is 33.2 Å². The Labute approximate surface area is 128 Å². The third kappa shape index (κ3) is 3.58. The van der Waals surface area contributed by atoms with E-state index in [1.807, 2.05) is 31.2 Å². The molecule has 3 nitrogen and oxygen atoms in total. The average Bonchev–Trinajstić information content (AvgIpc) is 2.40. The van der Waals surface area contributed by atoms with E-state index in [1.54, 1.807) is 0 Å². The molecule has 0 atom stereocenters. The van der Waals surface area contributed by atoms with E-state index in [-0.39, 0.29) is 0 Å². The van der Waals surface area contributed by atoms with E-state index >= 15 is 0 Å². The molecule has 0 saturated carbocycles. The van der Waals surface area contributed by atoms with Gasteiger partial charge in [-0.1, -0.05) is 29.8 Å². The fraction of sp³-hybridized carbons (Fsp3) is 0.312. The second-order valence-electron chi connectivity index (χ2n) is 5.10. The molecule has 0 saturated heterocycles. The highest BCUT2D eigenvalue weighted by Crippen LogP contribution is 2.32. The van der Waals surface area contributed by atoms with Crippen LogP contribution in [0.4, 0.5) is 0 Å². The third-order valence-electron chi connectivity index (χ3n) is 3.03. The van der Waals surface area contributed by atoms with E-state index < -0.39 is 0 Å². The van der Waals surface area contributed by atoms with Gasteiger partial charge in [-0.25, -0.2) is 4.98 Å².